The van der Waals surface area contributed by atoms with Crippen molar-refractivity contribution in [3.63, 3.8) is 0 Å². The fourth-order valence-electron chi connectivity index (χ4n) is 8.80. The monoisotopic (exact) mass is 816 g/mol. The Morgan fingerprint density at radius 3 is 0.859 bits per heavy atom. The molecule has 0 amide bonds. The van der Waals surface area contributed by atoms with Gasteiger partial charge in [0.05, 0.1) is 22.4 Å². The van der Waals surface area contributed by atoms with Crippen molar-refractivity contribution < 1.29 is 0 Å². The van der Waals surface area contributed by atoms with Crippen LogP contribution < -0.4 is 0 Å². The molecule has 0 aliphatic heterocycles. The normalized spacial score (nSPS) is 11.6. The van der Waals surface area contributed by atoms with Crippen LogP contribution in [0.1, 0.15) is 22.3 Å². The summed E-state index contributed by atoms with van der Waals surface area (Å²) in [7, 11) is 0. The number of hydrogen-bond acceptors (Lipinski definition) is 0. The molecule has 0 N–H and O–H groups in total. The zero-order valence-corrected chi connectivity index (χ0v) is 35.3. The Labute approximate surface area is 374 Å². The van der Waals surface area contributed by atoms with E-state index in [-0.39, 0.29) is 0 Å². The molecule has 9 aromatic carbocycles. The lowest BCUT2D eigenvalue weighted by Crippen LogP contribution is -1.98. The summed E-state index contributed by atoms with van der Waals surface area (Å²) in [6.07, 6.45) is 8.71. The maximum Gasteiger partial charge on any atom is 0.0542 e. The molecule has 11 rings (SSSR count). The van der Waals surface area contributed by atoms with Gasteiger partial charge in [0, 0.05) is 22.1 Å². The third-order valence-corrected chi connectivity index (χ3v) is 12.1. The van der Waals surface area contributed by atoms with Crippen molar-refractivity contribution in [3.05, 3.63) is 265 Å². The van der Waals surface area contributed by atoms with E-state index in [0.29, 0.717) is 0 Å². The zero-order chi connectivity index (χ0) is 42.7. The van der Waals surface area contributed by atoms with Crippen molar-refractivity contribution >= 4 is 46.1 Å². The molecule has 0 unspecified atom stereocenters. The van der Waals surface area contributed by atoms with Crippen molar-refractivity contribution in [2.75, 3.05) is 0 Å². The van der Waals surface area contributed by atoms with Gasteiger partial charge in [0.15, 0.2) is 0 Å². The summed E-state index contributed by atoms with van der Waals surface area (Å²) in [5.74, 6) is 0. The molecule has 0 saturated carbocycles. The van der Waals surface area contributed by atoms with Gasteiger partial charge in [-0.25, -0.2) is 0 Å². The predicted molar refractivity (Wildman–Crippen MR) is 273 cm³/mol. The lowest BCUT2D eigenvalue weighted by Gasteiger charge is -2.13. The summed E-state index contributed by atoms with van der Waals surface area (Å²) < 4.78 is 4.85. The molecule has 2 heteroatoms. The van der Waals surface area contributed by atoms with E-state index in [0.717, 1.165) is 56.0 Å². The second-order valence-corrected chi connectivity index (χ2v) is 16.3. The lowest BCUT2D eigenvalue weighted by molar-refractivity contribution is 1.13. The first-order chi connectivity index (χ1) is 31.7. The van der Waals surface area contributed by atoms with Crippen molar-refractivity contribution in [2.24, 2.45) is 0 Å². The van der Waals surface area contributed by atoms with Gasteiger partial charge < -0.3 is 9.13 Å². The van der Waals surface area contributed by atoms with Gasteiger partial charge in [-0.1, -0.05) is 218 Å². The van der Waals surface area contributed by atoms with Crippen LogP contribution in [-0.2, 0) is 0 Å². The van der Waals surface area contributed by atoms with E-state index in [1.54, 1.807) is 0 Å². The molecule has 0 spiro atoms. The molecule has 0 aliphatic carbocycles. The summed E-state index contributed by atoms with van der Waals surface area (Å²) in [6, 6.07) is 87.4. The van der Waals surface area contributed by atoms with Gasteiger partial charge in [0.2, 0.25) is 0 Å². The van der Waals surface area contributed by atoms with Gasteiger partial charge in [-0.2, -0.15) is 0 Å². The fourth-order valence-corrected chi connectivity index (χ4v) is 8.80. The van der Waals surface area contributed by atoms with Crippen LogP contribution in [0.2, 0.25) is 0 Å². The number of aromatic nitrogens is 2. The van der Waals surface area contributed by atoms with E-state index < -0.39 is 0 Å². The summed E-state index contributed by atoms with van der Waals surface area (Å²) in [4.78, 5) is 0. The molecule has 0 fully saturated rings. The maximum absolute atomic E-state index is 2.43. The molecule has 2 heterocycles. The van der Waals surface area contributed by atoms with Crippen LogP contribution in [0.5, 0.6) is 0 Å². The summed E-state index contributed by atoms with van der Waals surface area (Å²) in [5.41, 5.74) is 18.7. The summed E-state index contributed by atoms with van der Waals surface area (Å²) in [5, 5.41) is 2.35. The van der Waals surface area contributed by atoms with E-state index >= 15 is 0 Å². The second kappa shape index (κ2) is 17.1. The van der Waals surface area contributed by atoms with E-state index in [9.17, 15) is 0 Å². The number of nitrogens with zero attached hydrogens (tertiary/aromatic N) is 2. The highest BCUT2D eigenvalue weighted by Crippen LogP contribution is 2.39. The van der Waals surface area contributed by atoms with Crippen LogP contribution in [-0.4, -0.2) is 9.13 Å². The molecule has 0 atom stereocenters. The zero-order valence-electron chi connectivity index (χ0n) is 35.3. The highest BCUT2D eigenvalue weighted by molar-refractivity contribution is 6.02. The first kappa shape index (κ1) is 38.5. The van der Waals surface area contributed by atoms with Crippen LogP contribution in [0.15, 0.2) is 243 Å². The number of fused-ring (bicyclic) bond motifs is 2. The van der Waals surface area contributed by atoms with Crippen LogP contribution >= 0.6 is 0 Å². The highest BCUT2D eigenvalue weighted by atomic mass is 15.0. The van der Waals surface area contributed by atoms with Gasteiger partial charge in [0.1, 0.15) is 0 Å². The smallest absolute Gasteiger partial charge is 0.0542 e. The molecule has 302 valence electrons. The SMILES string of the molecule is C(=C\c1ccc(-n2c(-c3ccc(-c4ccccc4)cc3)cc3cc4c(cc(-c5ccc(-c6ccccc6)cc5)n4-c4ccc(/C=C/c5ccccc5)cc4)cc32)cc1)/c1ccccc1. The van der Waals surface area contributed by atoms with Gasteiger partial charge in [-0.3, -0.25) is 0 Å². The second-order valence-electron chi connectivity index (χ2n) is 16.3. The minimum atomic E-state index is 1.11. The van der Waals surface area contributed by atoms with Crippen LogP contribution in [0.3, 0.4) is 0 Å². The number of rotatable bonds is 10. The largest absolute Gasteiger partial charge is 0.309 e. The minimum Gasteiger partial charge on any atom is -0.309 e. The average molecular weight is 817 g/mol. The molecule has 11 aromatic rings. The Bertz CT molecular complexity index is 3160. The molecule has 0 aliphatic rings. The van der Waals surface area contributed by atoms with Crippen molar-refractivity contribution in [2.45, 2.75) is 0 Å². The molecule has 0 bridgehead atoms. The predicted octanol–water partition coefficient (Wildman–Crippen LogP) is 16.6. The number of benzene rings is 9. The Hall–Kier alpha value is -8.46. The molecular formula is C62H44N2. The van der Waals surface area contributed by atoms with Crippen LogP contribution in [0.25, 0.3) is 102 Å². The van der Waals surface area contributed by atoms with E-state index in [1.165, 1.54) is 44.2 Å². The third-order valence-electron chi connectivity index (χ3n) is 12.1. The van der Waals surface area contributed by atoms with E-state index in [1.807, 2.05) is 0 Å². The van der Waals surface area contributed by atoms with Gasteiger partial charge >= 0.3 is 0 Å². The van der Waals surface area contributed by atoms with Crippen LogP contribution in [0, 0.1) is 0 Å². The van der Waals surface area contributed by atoms with Crippen molar-refractivity contribution in [1.29, 1.82) is 0 Å². The van der Waals surface area contributed by atoms with Gasteiger partial charge in [-0.05, 0) is 104 Å². The highest BCUT2D eigenvalue weighted by Gasteiger charge is 2.19. The Morgan fingerprint density at radius 2 is 0.516 bits per heavy atom. The van der Waals surface area contributed by atoms with Gasteiger partial charge in [0.25, 0.3) is 0 Å². The first-order valence-electron chi connectivity index (χ1n) is 21.9. The maximum atomic E-state index is 2.43. The molecule has 2 aromatic heterocycles. The average Bonchev–Trinajstić information content (AvgIpc) is 3.94. The Kier molecular flexibility index (Phi) is 10.3. The standard InChI is InChI=1S/C62H44N2/c1-5-13-45(14-6-1)21-23-47-25-37-57(38-26-47)63-59(53-33-29-51(30-34-53)49-17-9-3-10-18-49)41-55-44-62-56(43-61(55)63)42-60(54-35-31-52(32-36-54)50-19-11-4-12-20-50)64(62)58-39-27-48(28-40-58)24-22-46-15-7-2-8-16-46/h1-44H/b23-21+,24-22+. The van der Waals surface area contributed by atoms with Gasteiger partial charge in [-0.15, -0.1) is 0 Å². The summed E-state index contributed by atoms with van der Waals surface area (Å²) >= 11 is 0. The molecule has 0 radical (unpaired) electrons. The Morgan fingerprint density at radius 1 is 0.234 bits per heavy atom. The quantitative estimate of drug-likeness (QED) is 0.122. The third kappa shape index (κ3) is 7.81. The molecule has 64 heavy (non-hydrogen) atoms. The van der Waals surface area contributed by atoms with E-state index in [2.05, 4.69) is 276 Å². The van der Waals surface area contributed by atoms with Crippen LogP contribution in [0.4, 0.5) is 0 Å². The van der Waals surface area contributed by atoms with E-state index in [4.69, 9.17) is 0 Å². The van der Waals surface area contributed by atoms with Crippen molar-refractivity contribution in [1.82, 2.24) is 9.13 Å². The minimum absolute atomic E-state index is 1.11. The first-order valence-corrected chi connectivity index (χ1v) is 21.9. The van der Waals surface area contributed by atoms with Crippen molar-refractivity contribution in [3.8, 4) is 56.1 Å². The molecule has 0 saturated heterocycles. The lowest BCUT2D eigenvalue weighted by atomic mass is 10.0. The molecule has 2 nitrogen and oxygen atoms in total. The summed E-state index contributed by atoms with van der Waals surface area (Å²) in [6.45, 7) is 0. The molecular weight excluding hydrogens is 773 g/mol. The number of hydrogen-bond donors (Lipinski definition) is 0. The fraction of sp³-hybridized carbons (Fsp3) is 0. The Balaban J connectivity index is 1.06. The topological polar surface area (TPSA) is 9.86 Å².